The zero-order chi connectivity index (χ0) is 28.0. The van der Waals surface area contributed by atoms with Gasteiger partial charge in [-0.15, -0.1) is 0 Å². The van der Waals surface area contributed by atoms with Crippen molar-refractivity contribution in [2.24, 2.45) is 0 Å². The highest BCUT2D eigenvalue weighted by atomic mass is 19.4. The molecule has 0 aliphatic carbocycles. The van der Waals surface area contributed by atoms with Crippen LogP contribution >= 0.6 is 0 Å². The minimum absolute atomic E-state index is 0.0529. The van der Waals surface area contributed by atoms with Crippen LogP contribution in [0.2, 0.25) is 0 Å². The number of nitrogens with zero attached hydrogens (tertiary/aromatic N) is 5. The van der Waals surface area contributed by atoms with Crippen LogP contribution in [-0.4, -0.2) is 74.8 Å². The average Bonchev–Trinajstić information content (AvgIpc) is 3.24. The summed E-state index contributed by atoms with van der Waals surface area (Å²) in [5.41, 5.74) is -1.50. The van der Waals surface area contributed by atoms with Gasteiger partial charge in [-0.2, -0.15) is 18.3 Å². The first kappa shape index (κ1) is 27.2. The maximum absolute atomic E-state index is 14.2. The van der Waals surface area contributed by atoms with Crippen molar-refractivity contribution in [3.63, 3.8) is 0 Å². The Morgan fingerprint density at radius 1 is 1.08 bits per heavy atom. The van der Waals surface area contributed by atoms with Crippen LogP contribution in [0, 0.1) is 6.92 Å². The molecule has 1 aromatic carbocycles. The molecule has 0 N–H and O–H groups in total. The summed E-state index contributed by atoms with van der Waals surface area (Å²) in [5, 5.41) is 3.91. The molecule has 1 aliphatic heterocycles. The third kappa shape index (κ3) is 5.25. The van der Waals surface area contributed by atoms with Gasteiger partial charge in [0.2, 0.25) is 0 Å². The van der Waals surface area contributed by atoms with Crippen LogP contribution in [-0.2, 0) is 10.9 Å². The van der Waals surface area contributed by atoms with Crippen molar-refractivity contribution in [1.29, 1.82) is 0 Å². The lowest BCUT2D eigenvalue weighted by molar-refractivity contribution is -0.143. The van der Waals surface area contributed by atoms with Crippen LogP contribution in [0.5, 0.6) is 5.75 Å². The van der Waals surface area contributed by atoms with Crippen molar-refractivity contribution in [2.75, 3.05) is 26.7 Å². The van der Waals surface area contributed by atoms with Crippen molar-refractivity contribution >= 4 is 17.6 Å². The lowest BCUT2D eigenvalue weighted by atomic mass is 10.0. The highest BCUT2D eigenvalue weighted by Crippen LogP contribution is 2.37. The lowest BCUT2D eigenvalue weighted by Gasteiger charge is -2.40. The Hall–Kier alpha value is -3.83. The minimum Gasteiger partial charge on any atom is -0.497 e. The molecule has 1 atom stereocenters. The van der Waals surface area contributed by atoms with E-state index >= 15 is 0 Å². The number of alkyl halides is 3. The number of rotatable bonds is 3. The highest BCUT2D eigenvalue weighted by Gasteiger charge is 2.40. The SMILES string of the molecule is COc1ccc(-c2nc3c(C(=O)N4CCN(C(=O)OC(C)(C)C)C[C@H]4C)cnn3c(C(F)(F)F)c2C)cc1. The van der Waals surface area contributed by atoms with Gasteiger partial charge in [0, 0.05) is 36.8 Å². The molecule has 0 spiro atoms. The molecule has 12 heteroatoms. The third-order valence-electron chi connectivity index (χ3n) is 6.29. The molecule has 1 aliphatic rings. The van der Waals surface area contributed by atoms with Crippen LogP contribution in [0.15, 0.2) is 30.5 Å². The highest BCUT2D eigenvalue weighted by molar-refractivity contribution is 6.00. The van der Waals surface area contributed by atoms with Gasteiger partial charge in [-0.1, -0.05) is 0 Å². The first-order chi connectivity index (χ1) is 17.7. The number of benzene rings is 1. The second-order valence-corrected chi connectivity index (χ2v) is 10.2. The summed E-state index contributed by atoms with van der Waals surface area (Å²) in [6, 6.07) is 6.07. The lowest BCUT2D eigenvalue weighted by Crippen LogP contribution is -2.56. The van der Waals surface area contributed by atoms with Gasteiger partial charge in [-0.05, 0) is 58.9 Å². The number of methoxy groups -OCH3 is 1. The number of piperazine rings is 1. The molecule has 1 saturated heterocycles. The fourth-order valence-electron chi connectivity index (χ4n) is 4.49. The molecule has 0 bridgehead atoms. The Kier molecular flexibility index (Phi) is 7.02. The van der Waals surface area contributed by atoms with Gasteiger partial charge in [0.15, 0.2) is 11.3 Å². The first-order valence-corrected chi connectivity index (χ1v) is 12.1. The van der Waals surface area contributed by atoms with E-state index in [-0.39, 0.29) is 42.1 Å². The molecular formula is C26H30F3N5O4. The van der Waals surface area contributed by atoms with E-state index in [0.29, 0.717) is 15.8 Å². The minimum atomic E-state index is -4.74. The predicted molar refractivity (Wildman–Crippen MR) is 133 cm³/mol. The number of halogens is 3. The second-order valence-electron chi connectivity index (χ2n) is 10.2. The standard InChI is InChI=1S/C26H30F3N5O4/c1-15-14-32(24(36)38-25(3,4)5)11-12-33(15)23(35)19-13-30-34-21(26(27,28)29)16(2)20(31-22(19)34)17-7-9-18(37-6)10-8-17/h7-10,13,15H,11-12,14H2,1-6H3/t15-/m1/s1. The molecule has 0 saturated carbocycles. The zero-order valence-corrected chi connectivity index (χ0v) is 22.1. The van der Waals surface area contributed by atoms with E-state index in [1.54, 1.807) is 52.0 Å². The molecule has 204 valence electrons. The van der Waals surface area contributed by atoms with Gasteiger partial charge in [0.25, 0.3) is 5.91 Å². The Labute approximate surface area is 218 Å². The summed E-state index contributed by atoms with van der Waals surface area (Å²) in [7, 11) is 1.49. The first-order valence-electron chi connectivity index (χ1n) is 12.1. The van der Waals surface area contributed by atoms with E-state index in [9.17, 15) is 22.8 Å². The molecule has 3 heterocycles. The summed E-state index contributed by atoms with van der Waals surface area (Å²) in [4.78, 5) is 33.6. The fourth-order valence-corrected chi connectivity index (χ4v) is 4.49. The van der Waals surface area contributed by atoms with Crippen molar-refractivity contribution in [3.8, 4) is 17.0 Å². The van der Waals surface area contributed by atoms with Crippen LogP contribution in [0.1, 0.15) is 49.3 Å². The van der Waals surface area contributed by atoms with E-state index in [0.717, 1.165) is 6.20 Å². The number of carbonyl (C=O) groups is 2. The fraction of sp³-hybridized carbons (Fsp3) is 0.462. The number of hydrogen-bond donors (Lipinski definition) is 0. The van der Waals surface area contributed by atoms with Gasteiger partial charge in [-0.25, -0.2) is 14.3 Å². The van der Waals surface area contributed by atoms with Crippen molar-refractivity contribution < 1.29 is 32.2 Å². The van der Waals surface area contributed by atoms with Crippen LogP contribution < -0.4 is 4.74 Å². The van der Waals surface area contributed by atoms with Crippen molar-refractivity contribution in [1.82, 2.24) is 24.4 Å². The van der Waals surface area contributed by atoms with Gasteiger partial charge in [0.05, 0.1) is 19.0 Å². The summed E-state index contributed by atoms with van der Waals surface area (Å²) in [6.07, 6.45) is -4.11. The van der Waals surface area contributed by atoms with Crippen LogP contribution in [0.4, 0.5) is 18.0 Å². The van der Waals surface area contributed by atoms with E-state index < -0.39 is 35.5 Å². The number of carbonyl (C=O) groups excluding carboxylic acids is 2. The third-order valence-corrected chi connectivity index (χ3v) is 6.29. The monoisotopic (exact) mass is 533 g/mol. The number of amides is 2. The molecule has 38 heavy (non-hydrogen) atoms. The maximum Gasteiger partial charge on any atom is 0.433 e. The molecule has 9 nitrogen and oxygen atoms in total. The molecule has 1 fully saturated rings. The van der Waals surface area contributed by atoms with Gasteiger partial charge in [-0.3, -0.25) is 4.79 Å². The van der Waals surface area contributed by atoms with E-state index in [4.69, 9.17) is 9.47 Å². The molecular weight excluding hydrogens is 503 g/mol. The predicted octanol–water partition coefficient (Wildman–Crippen LogP) is 4.81. The van der Waals surface area contributed by atoms with Gasteiger partial charge < -0.3 is 19.3 Å². The number of aromatic nitrogens is 3. The summed E-state index contributed by atoms with van der Waals surface area (Å²) >= 11 is 0. The van der Waals surface area contributed by atoms with Gasteiger partial charge >= 0.3 is 12.3 Å². The maximum atomic E-state index is 14.2. The normalized spacial score (nSPS) is 16.6. The zero-order valence-electron chi connectivity index (χ0n) is 22.1. The van der Waals surface area contributed by atoms with E-state index in [2.05, 4.69) is 10.1 Å². The Morgan fingerprint density at radius 2 is 1.74 bits per heavy atom. The van der Waals surface area contributed by atoms with E-state index in [1.165, 1.54) is 23.8 Å². The molecule has 0 radical (unpaired) electrons. The smallest absolute Gasteiger partial charge is 0.433 e. The summed E-state index contributed by atoms with van der Waals surface area (Å²) in [5.74, 6) is 0.0322. The number of ether oxygens (including phenoxy) is 2. The van der Waals surface area contributed by atoms with Gasteiger partial charge in [0.1, 0.15) is 16.9 Å². The molecule has 4 rings (SSSR count). The molecule has 2 amide bonds. The number of fused-ring (bicyclic) bond motifs is 1. The second kappa shape index (κ2) is 9.80. The molecule has 0 unspecified atom stereocenters. The van der Waals surface area contributed by atoms with Crippen LogP contribution in [0.25, 0.3) is 16.9 Å². The molecule has 3 aromatic rings. The Bertz CT molecular complexity index is 1360. The average molecular weight is 534 g/mol. The topological polar surface area (TPSA) is 89.3 Å². The van der Waals surface area contributed by atoms with E-state index in [1.807, 2.05) is 0 Å². The largest absolute Gasteiger partial charge is 0.497 e. The summed E-state index contributed by atoms with van der Waals surface area (Å²) in [6.45, 7) is 9.02. The number of hydrogen-bond acceptors (Lipinski definition) is 6. The Balaban J connectivity index is 1.71. The summed E-state index contributed by atoms with van der Waals surface area (Å²) < 4.78 is 53.9. The van der Waals surface area contributed by atoms with Crippen molar-refractivity contribution in [2.45, 2.75) is 52.4 Å². The van der Waals surface area contributed by atoms with Crippen molar-refractivity contribution in [3.05, 3.63) is 47.3 Å². The Morgan fingerprint density at radius 3 is 2.29 bits per heavy atom. The quantitative estimate of drug-likeness (QED) is 0.480. The molecule has 2 aromatic heterocycles. The van der Waals surface area contributed by atoms with Crippen LogP contribution in [0.3, 0.4) is 0 Å².